The molecule has 0 aromatic heterocycles. The second-order valence-corrected chi connectivity index (χ2v) is 15.8. The molecule has 0 saturated heterocycles. The van der Waals surface area contributed by atoms with Crippen LogP contribution < -0.4 is 0 Å². The first-order valence-corrected chi connectivity index (χ1v) is 15.0. The molecular weight excluding hydrogens is 436 g/mol. The van der Waals surface area contributed by atoms with E-state index < -0.39 is 8.32 Å². The van der Waals surface area contributed by atoms with Crippen molar-refractivity contribution in [2.45, 2.75) is 97.6 Å². The number of ether oxygens (including phenoxy) is 1. The van der Waals surface area contributed by atoms with E-state index in [2.05, 4.69) is 85.8 Å². The summed E-state index contributed by atoms with van der Waals surface area (Å²) >= 11 is 0. The molecule has 1 aromatic rings. The fourth-order valence-corrected chi connectivity index (χ4v) is 10.4. The maximum absolute atomic E-state index is 10.7. The Balaban J connectivity index is 2.92. The third kappa shape index (κ3) is 10.2. The highest BCUT2D eigenvalue weighted by Crippen LogP contribution is 2.43. The smallest absolute Gasteiger partial charge is 0.201 e. The van der Waals surface area contributed by atoms with E-state index in [-0.39, 0.29) is 6.10 Å². The van der Waals surface area contributed by atoms with Crippen LogP contribution in [-0.2, 0) is 20.6 Å². The molecule has 0 aliphatic rings. The molecule has 0 heterocycles. The molecule has 4 heteroatoms. The molecule has 0 unspecified atom stereocenters. The van der Waals surface area contributed by atoms with E-state index in [1.54, 1.807) is 6.08 Å². The van der Waals surface area contributed by atoms with Gasteiger partial charge in [-0.25, -0.2) is 0 Å². The van der Waals surface area contributed by atoms with Crippen LogP contribution in [0.5, 0.6) is 0 Å². The molecule has 0 aliphatic heterocycles. The van der Waals surface area contributed by atoms with Crippen molar-refractivity contribution < 1.29 is 14.0 Å². The highest BCUT2D eigenvalue weighted by Gasteiger charge is 2.46. The third-order valence-corrected chi connectivity index (χ3v) is 12.8. The van der Waals surface area contributed by atoms with E-state index >= 15 is 0 Å². The number of hydrogen-bond acceptors (Lipinski definition) is 3. The Kier molecular flexibility index (Phi) is 14.3. The zero-order valence-corrected chi connectivity index (χ0v) is 23.8. The van der Waals surface area contributed by atoms with Crippen molar-refractivity contribution in [2.24, 2.45) is 5.92 Å². The molecule has 190 valence electrons. The second-order valence-electron chi connectivity index (χ2n) is 10.4. The molecule has 34 heavy (non-hydrogen) atoms. The monoisotopic (exact) mass is 484 g/mol. The lowest BCUT2D eigenvalue weighted by atomic mass is 10.0. The molecule has 2 atom stereocenters. The van der Waals surface area contributed by atoms with E-state index in [0.717, 1.165) is 19.1 Å². The molecule has 0 saturated carbocycles. The lowest BCUT2D eigenvalue weighted by Gasteiger charge is -2.44. The highest BCUT2D eigenvalue weighted by atomic mass is 28.4. The van der Waals surface area contributed by atoms with Crippen LogP contribution >= 0.6 is 0 Å². The average Bonchev–Trinajstić information content (AvgIpc) is 2.79. The van der Waals surface area contributed by atoms with Crippen LogP contribution in [0.25, 0.3) is 0 Å². The summed E-state index contributed by atoms with van der Waals surface area (Å²) in [5, 5.41) is 0. The molecule has 0 N–H and O–H groups in total. The number of carbonyl (C=O) groups is 1. The van der Waals surface area contributed by atoms with Gasteiger partial charge in [0.1, 0.15) is 6.29 Å². The largest absolute Gasteiger partial charge is 0.410 e. The maximum Gasteiger partial charge on any atom is 0.201 e. The Hall–Kier alpha value is -1.75. The van der Waals surface area contributed by atoms with Crippen molar-refractivity contribution in [3.8, 4) is 0 Å². The van der Waals surface area contributed by atoms with Crippen molar-refractivity contribution in [1.82, 2.24) is 0 Å². The van der Waals surface area contributed by atoms with Crippen molar-refractivity contribution in [1.29, 1.82) is 0 Å². The SMILES string of the molecule is CC(/C=C/[C@@H](CC[C@H](C)/C=C/C=O)O[Si](C(C)C)(C(C)C)C(C)C)=C\COCc1ccccc1. The molecule has 1 aromatic carbocycles. The quantitative estimate of drug-likeness (QED) is 0.0776. The first-order valence-electron chi connectivity index (χ1n) is 12.9. The van der Waals surface area contributed by atoms with Gasteiger partial charge in [0.25, 0.3) is 0 Å². The number of benzene rings is 1. The number of rotatable bonds is 16. The van der Waals surface area contributed by atoms with Gasteiger partial charge in [-0.05, 0) is 53.9 Å². The molecule has 0 aliphatic carbocycles. The molecule has 0 bridgehead atoms. The van der Waals surface area contributed by atoms with E-state index in [4.69, 9.17) is 9.16 Å². The molecule has 0 radical (unpaired) electrons. The van der Waals surface area contributed by atoms with E-state index in [1.807, 2.05) is 24.3 Å². The van der Waals surface area contributed by atoms with Gasteiger partial charge in [0, 0.05) is 0 Å². The van der Waals surface area contributed by atoms with Gasteiger partial charge in [-0.1, -0.05) is 109 Å². The van der Waals surface area contributed by atoms with Gasteiger partial charge in [-0.15, -0.1) is 0 Å². The van der Waals surface area contributed by atoms with Crippen LogP contribution in [0.4, 0.5) is 0 Å². The van der Waals surface area contributed by atoms with Crippen LogP contribution in [-0.4, -0.2) is 27.3 Å². The van der Waals surface area contributed by atoms with E-state index in [1.165, 1.54) is 11.1 Å². The summed E-state index contributed by atoms with van der Waals surface area (Å²) in [5.41, 5.74) is 3.99. The minimum absolute atomic E-state index is 0.0690. The van der Waals surface area contributed by atoms with Gasteiger partial charge < -0.3 is 9.16 Å². The number of allylic oxidation sites excluding steroid dienone is 4. The number of carbonyl (C=O) groups excluding carboxylic acids is 1. The summed E-state index contributed by atoms with van der Waals surface area (Å²) in [6, 6.07) is 10.3. The lowest BCUT2D eigenvalue weighted by molar-refractivity contribution is -0.104. The number of aldehydes is 1. The second kappa shape index (κ2) is 16.0. The maximum atomic E-state index is 10.7. The summed E-state index contributed by atoms with van der Waals surface area (Å²) < 4.78 is 12.9. The Morgan fingerprint density at radius 2 is 1.53 bits per heavy atom. The Labute approximate surface area is 210 Å². The van der Waals surface area contributed by atoms with Gasteiger partial charge >= 0.3 is 0 Å². The zero-order chi connectivity index (χ0) is 25.6. The molecule has 3 nitrogen and oxygen atoms in total. The van der Waals surface area contributed by atoms with E-state index in [9.17, 15) is 4.79 Å². The van der Waals surface area contributed by atoms with Gasteiger partial charge in [0.2, 0.25) is 8.32 Å². The van der Waals surface area contributed by atoms with Gasteiger partial charge in [0.05, 0.1) is 19.3 Å². The molecular formula is C30H48O3Si. The van der Waals surface area contributed by atoms with Crippen LogP contribution in [0.2, 0.25) is 16.6 Å². The summed E-state index contributed by atoms with van der Waals surface area (Å²) in [6.45, 7) is 19.5. The molecule has 0 spiro atoms. The Morgan fingerprint density at radius 3 is 2.09 bits per heavy atom. The molecule has 0 amide bonds. The first-order chi connectivity index (χ1) is 16.1. The van der Waals surface area contributed by atoms with E-state index in [0.29, 0.717) is 35.8 Å². The summed E-state index contributed by atoms with van der Waals surface area (Å²) in [5.74, 6) is 0.348. The Bertz CT molecular complexity index is 756. The van der Waals surface area contributed by atoms with Crippen LogP contribution in [0.3, 0.4) is 0 Å². The fraction of sp³-hybridized carbons (Fsp3) is 0.567. The first kappa shape index (κ1) is 30.3. The third-order valence-electron chi connectivity index (χ3n) is 6.70. The predicted molar refractivity (Wildman–Crippen MR) is 149 cm³/mol. The molecule has 0 fully saturated rings. The van der Waals surface area contributed by atoms with Gasteiger partial charge in [-0.2, -0.15) is 0 Å². The Morgan fingerprint density at radius 1 is 0.912 bits per heavy atom. The van der Waals surface area contributed by atoms with Crippen LogP contribution in [0, 0.1) is 5.92 Å². The van der Waals surface area contributed by atoms with Gasteiger partial charge in [0.15, 0.2) is 0 Å². The lowest BCUT2D eigenvalue weighted by Crippen LogP contribution is -2.50. The fourth-order valence-electron chi connectivity index (χ4n) is 4.89. The van der Waals surface area contributed by atoms with Crippen molar-refractivity contribution >= 4 is 14.6 Å². The van der Waals surface area contributed by atoms with Crippen molar-refractivity contribution in [3.05, 3.63) is 71.8 Å². The van der Waals surface area contributed by atoms with Crippen LogP contribution in [0.1, 0.15) is 73.8 Å². The van der Waals surface area contributed by atoms with Crippen molar-refractivity contribution in [3.63, 3.8) is 0 Å². The standard InChI is InChI=1S/C30H48O3Si/c1-24(2)34(25(3)4,26(5)6)33-30(18-16-27(7)13-12-21-31)19-17-28(8)20-22-32-23-29-14-10-9-11-15-29/h9-15,17,19-21,24-27,30H,16,18,22-23H2,1-8H3/b13-12+,19-17+,28-20+/t27-,30-/m1/s1. The van der Waals surface area contributed by atoms with Gasteiger partial charge in [-0.3, -0.25) is 4.79 Å². The van der Waals surface area contributed by atoms with Crippen LogP contribution in [0.15, 0.2) is 66.3 Å². The summed E-state index contributed by atoms with van der Waals surface area (Å²) in [6.07, 6.45) is 13.0. The highest BCUT2D eigenvalue weighted by molar-refractivity contribution is 6.77. The minimum atomic E-state index is -2.00. The number of hydrogen-bond donors (Lipinski definition) is 0. The normalized spacial score (nSPS) is 15.2. The topological polar surface area (TPSA) is 35.5 Å². The average molecular weight is 485 g/mol. The summed E-state index contributed by atoms with van der Waals surface area (Å²) in [4.78, 5) is 10.7. The molecule has 1 rings (SSSR count). The zero-order valence-electron chi connectivity index (χ0n) is 22.8. The predicted octanol–water partition coefficient (Wildman–Crippen LogP) is 8.44. The van der Waals surface area contributed by atoms with Crippen molar-refractivity contribution in [2.75, 3.05) is 6.61 Å². The minimum Gasteiger partial charge on any atom is -0.410 e. The summed E-state index contributed by atoms with van der Waals surface area (Å²) in [7, 11) is -2.00.